The molecule has 0 fully saturated rings. The van der Waals surface area contributed by atoms with Crippen LogP contribution in [0.25, 0.3) is 10.6 Å². The molecular formula is C13H15NOS. The van der Waals surface area contributed by atoms with Gasteiger partial charge in [-0.25, -0.2) is 4.98 Å². The van der Waals surface area contributed by atoms with Crippen molar-refractivity contribution in [3.63, 3.8) is 0 Å². The number of aryl methyl sites for hydroxylation is 1. The summed E-state index contributed by atoms with van der Waals surface area (Å²) in [4.78, 5) is 4.46. The van der Waals surface area contributed by atoms with Crippen molar-refractivity contribution >= 4 is 11.3 Å². The van der Waals surface area contributed by atoms with E-state index in [-0.39, 0.29) is 0 Å². The maximum atomic E-state index is 9.85. The van der Waals surface area contributed by atoms with Crippen LogP contribution in [-0.2, 0) is 5.60 Å². The number of rotatable bonds is 2. The van der Waals surface area contributed by atoms with Crippen LogP contribution in [0.5, 0.6) is 0 Å². The molecule has 1 aromatic heterocycles. The van der Waals surface area contributed by atoms with Gasteiger partial charge in [0.2, 0.25) is 0 Å². The van der Waals surface area contributed by atoms with Gasteiger partial charge in [0.1, 0.15) is 10.6 Å². The summed E-state index contributed by atoms with van der Waals surface area (Å²) in [6.07, 6.45) is 0. The van der Waals surface area contributed by atoms with Crippen LogP contribution >= 0.6 is 11.3 Å². The first-order valence-electron chi connectivity index (χ1n) is 5.22. The van der Waals surface area contributed by atoms with Crippen molar-refractivity contribution in [2.24, 2.45) is 0 Å². The topological polar surface area (TPSA) is 33.1 Å². The average Bonchev–Trinajstić information content (AvgIpc) is 2.65. The largest absolute Gasteiger partial charge is 0.384 e. The molecule has 2 nitrogen and oxygen atoms in total. The first-order chi connectivity index (χ1) is 7.47. The molecule has 1 heterocycles. The summed E-state index contributed by atoms with van der Waals surface area (Å²) in [5, 5.41) is 12.7. The number of nitrogens with zero attached hydrogens (tertiary/aromatic N) is 1. The van der Waals surface area contributed by atoms with Gasteiger partial charge in [-0.05, 0) is 26.8 Å². The molecule has 2 rings (SSSR count). The van der Waals surface area contributed by atoms with E-state index in [9.17, 15) is 5.11 Å². The minimum atomic E-state index is -0.863. The highest BCUT2D eigenvalue weighted by Crippen LogP contribution is 2.28. The van der Waals surface area contributed by atoms with Crippen molar-refractivity contribution in [1.29, 1.82) is 0 Å². The Kier molecular flexibility index (Phi) is 2.82. The zero-order valence-corrected chi connectivity index (χ0v) is 10.5. The fourth-order valence-corrected chi connectivity index (χ4v) is 2.44. The second-order valence-electron chi connectivity index (χ2n) is 4.47. The van der Waals surface area contributed by atoms with Crippen molar-refractivity contribution < 1.29 is 5.11 Å². The maximum absolute atomic E-state index is 9.85. The molecule has 2 aromatic rings. The third kappa shape index (κ3) is 2.31. The molecule has 0 radical (unpaired) electrons. The lowest BCUT2D eigenvalue weighted by Gasteiger charge is -2.12. The van der Waals surface area contributed by atoms with Crippen LogP contribution in [0.3, 0.4) is 0 Å². The van der Waals surface area contributed by atoms with E-state index >= 15 is 0 Å². The third-order valence-electron chi connectivity index (χ3n) is 2.40. The van der Waals surface area contributed by atoms with Crippen molar-refractivity contribution in [2.45, 2.75) is 26.4 Å². The number of hydrogen-bond acceptors (Lipinski definition) is 3. The lowest BCUT2D eigenvalue weighted by molar-refractivity contribution is 0.0746. The molecule has 0 bridgehead atoms. The summed E-state index contributed by atoms with van der Waals surface area (Å²) in [6, 6.07) is 8.23. The van der Waals surface area contributed by atoms with Crippen molar-refractivity contribution in [3.05, 3.63) is 40.9 Å². The molecule has 0 unspecified atom stereocenters. The number of benzene rings is 1. The summed E-state index contributed by atoms with van der Waals surface area (Å²) in [5.41, 5.74) is 2.20. The van der Waals surface area contributed by atoms with E-state index in [0.717, 1.165) is 16.3 Å². The fraction of sp³-hybridized carbons (Fsp3) is 0.308. The molecule has 16 heavy (non-hydrogen) atoms. The van der Waals surface area contributed by atoms with Gasteiger partial charge >= 0.3 is 0 Å². The number of aromatic nitrogens is 1. The van der Waals surface area contributed by atoms with E-state index in [1.165, 1.54) is 5.56 Å². The van der Waals surface area contributed by atoms with E-state index in [1.54, 1.807) is 25.2 Å². The summed E-state index contributed by atoms with van der Waals surface area (Å²) < 4.78 is 0. The summed E-state index contributed by atoms with van der Waals surface area (Å²) >= 11 is 1.57. The molecule has 0 atom stereocenters. The standard InChI is InChI=1S/C13H15NOS/c1-9-5-4-6-10(7-9)12-14-11(8-16-12)13(2,3)15/h4-8,15H,1-3H3. The van der Waals surface area contributed by atoms with Gasteiger partial charge in [0.25, 0.3) is 0 Å². The zero-order chi connectivity index (χ0) is 11.8. The Labute approximate surface area is 99.6 Å². The number of thiazole rings is 1. The Bertz CT molecular complexity index is 497. The highest BCUT2D eigenvalue weighted by molar-refractivity contribution is 7.13. The number of hydrogen-bond donors (Lipinski definition) is 1. The van der Waals surface area contributed by atoms with E-state index in [4.69, 9.17) is 0 Å². The predicted molar refractivity (Wildman–Crippen MR) is 67.5 cm³/mol. The SMILES string of the molecule is Cc1cccc(-c2nc(C(C)(C)O)cs2)c1. The molecule has 84 valence electrons. The van der Waals surface area contributed by atoms with E-state index in [2.05, 4.69) is 24.0 Å². The van der Waals surface area contributed by atoms with Crippen LogP contribution in [0.15, 0.2) is 29.6 Å². The van der Waals surface area contributed by atoms with Crippen LogP contribution in [-0.4, -0.2) is 10.1 Å². The van der Waals surface area contributed by atoms with Crippen molar-refractivity contribution in [3.8, 4) is 10.6 Å². The molecule has 0 aliphatic heterocycles. The highest BCUT2D eigenvalue weighted by Gasteiger charge is 2.19. The molecule has 0 saturated heterocycles. The average molecular weight is 233 g/mol. The maximum Gasteiger partial charge on any atom is 0.123 e. The normalized spacial score (nSPS) is 11.8. The zero-order valence-electron chi connectivity index (χ0n) is 9.69. The Morgan fingerprint density at radius 1 is 1.31 bits per heavy atom. The van der Waals surface area contributed by atoms with E-state index in [1.807, 2.05) is 17.5 Å². The van der Waals surface area contributed by atoms with Crippen LogP contribution in [0, 0.1) is 6.92 Å². The summed E-state index contributed by atoms with van der Waals surface area (Å²) in [5.74, 6) is 0. The second-order valence-corrected chi connectivity index (χ2v) is 5.32. The van der Waals surface area contributed by atoms with E-state index < -0.39 is 5.60 Å². The van der Waals surface area contributed by atoms with Crippen LogP contribution < -0.4 is 0 Å². The van der Waals surface area contributed by atoms with Gasteiger partial charge in [-0.2, -0.15) is 0 Å². The van der Waals surface area contributed by atoms with Gasteiger partial charge in [-0.3, -0.25) is 0 Å². The minimum absolute atomic E-state index is 0.731. The highest BCUT2D eigenvalue weighted by atomic mass is 32.1. The van der Waals surface area contributed by atoms with Gasteiger partial charge < -0.3 is 5.11 Å². The van der Waals surface area contributed by atoms with Gasteiger partial charge in [0.05, 0.1) is 5.69 Å². The molecule has 0 saturated carbocycles. The lowest BCUT2D eigenvalue weighted by Crippen LogP contribution is -2.15. The van der Waals surface area contributed by atoms with Crippen LogP contribution in [0.2, 0.25) is 0 Å². The molecule has 0 spiro atoms. The molecule has 3 heteroatoms. The quantitative estimate of drug-likeness (QED) is 0.863. The minimum Gasteiger partial charge on any atom is -0.384 e. The van der Waals surface area contributed by atoms with Crippen molar-refractivity contribution in [2.75, 3.05) is 0 Å². The van der Waals surface area contributed by atoms with Gasteiger partial charge in [-0.1, -0.05) is 23.8 Å². The summed E-state index contributed by atoms with van der Waals surface area (Å²) in [7, 11) is 0. The Hall–Kier alpha value is -1.19. The number of aliphatic hydroxyl groups is 1. The second kappa shape index (κ2) is 4.00. The Balaban J connectivity index is 2.39. The van der Waals surface area contributed by atoms with E-state index in [0.29, 0.717) is 0 Å². The van der Waals surface area contributed by atoms with Gasteiger partial charge in [-0.15, -0.1) is 11.3 Å². The molecule has 1 aromatic carbocycles. The lowest BCUT2D eigenvalue weighted by atomic mass is 10.1. The molecule has 0 aliphatic rings. The van der Waals surface area contributed by atoms with Gasteiger partial charge in [0.15, 0.2) is 0 Å². The third-order valence-corrected chi connectivity index (χ3v) is 3.29. The monoisotopic (exact) mass is 233 g/mol. The van der Waals surface area contributed by atoms with Crippen molar-refractivity contribution in [1.82, 2.24) is 4.98 Å². The Morgan fingerprint density at radius 3 is 2.62 bits per heavy atom. The molecular weight excluding hydrogens is 218 g/mol. The van der Waals surface area contributed by atoms with Gasteiger partial charge in [0, 0.05) is 10.9 Å². The smallest absolute Gasteiger partial charge is 0.123 e. The predicted octanol–water partition coefficient (Wildman–Crippen LogP) is 3.35. The Morgan fingerprint density at radius 2 is 2.06 bits per heavy atom. The van der Waals surface area contributed by atoms with Crippen LogP contribution in [0.4, 0.5) is 0 Å². The fourth-order valence-electron chi connectivity index (χ4n) is 1.47. The first kappa shape index (κ1) is 11.3. The summed E-state index contributed by atoms with van der Waals surface area (Å²) in [6.45, 7) is 5.57. The first-order valence-corrected chi connectivity index (χ1v) is 6.10. The molecule has 0 amide bonds. The van der Waals surface area contributed by atoms with Crippen LogP contribution in [0.1, 0.15) is 25.1 Å². The molecule has 0 aliphatic carbocycles. The molecule has 1 N–H and O–H groups in total.